The Morgan fingerprint density at radius 1 is 1.24 bits per heavy atom. The first kappa shape index (κ1) is 12.0. The van der Waals surface area contributed by atoms with Crippen molar-refractivity contribution in [2.45, 2.75) is 31.7 Å². The molecular formula is C12H17NO4. The maximum atomic E-state index is 11.8. The SMILES string of the molecule is COC(=O)C1=CC2CCCCC2N1C(=O)OC. The van der Waals surface area contributed by atoms with E-state index in [0.29, 0.717) is 5.70 Å². The smallest absolute Gasteiger partial charge is 0.414 e. The molecule has 2 rings (SSSR count). The molecule has 2 unspecified atom stereocenters. The second-order valence-electron chi connectivity index (χ2n) is 4.40. The first-order chi connectivity index (χ1) is 8.19. The average Bonchev–Trinajstić information content (AvgIpc) is 2.76. The van der Waals surface area contributed by atoms with Crippen LogP contribution in [0.15, 0.2) is 11.8 Å². The predicted molar refractivity (Wildman–Crippen MR) is 60.1 cm³/mol. The monoisotopic (exact) mass is 239 g/mol. The van der Waals surface area contributed by atoms with E-state index in [1.165, 1.54) is 19.1 Å². The number of methoxy groups -OCH3 is 2. The molecule has 2 aliphatic rings. The Morgan fingerprint density at radius 3 is 2.59 bits per heavy atom. The van der Waals surface area contributed by atoms with Crippen molar-refractivity contribution < 1.29 is 19.1 Å². The van der Waals surface area contributed by atoms with Crippen LogP contribution in [0.4, 0.5) is 4.79 Å². The highest BCUT2D eigenvalue weighted by Gasteiger charge is 2.42. The Bertz CT molecular complexity index is 364. The number of hydrogen-bond donors (Lipinski definition) is 0. The Kier molecular flexibility index (Phi) is 3.36. The molecule has 0 aromatic heterocycles. The highest BCUT2D eigenvalue weighted by molar-refractivity contribution is 5.93. The lowest BCUT2D eigenvalue weighted by Crippen LogP contribution is -2.41. The molecule has 1 amide bonds. The Morgan fingerprint density at radius 2 is 1.94 bits per heavy atom. The van der Waals surface area contributed by atoms with Gasteiger partial charge in [0.05, 0.1) is 14.2 Å². The van der Waals surface area contributed by atoms with Crippen molar-refractivity contribution in [3.05, 3.63) is 11.8 Å². The number of carbonyl (C=O) groups is 2. The van der Waals surface area contributed by atoms with Crippen LogP contribution in [-0.2, 0) is 14.3 Å². The highest BCUT2D eigenvalue weighted by atomic mass is 16.5. The maximum absolute atomic E-state index is 11.8. The number of nitrogens with zero attached hydrogens (tertiary/aromatic N) is 1. The van der Waals surface area contributed by atoms with Crippen molar-refractivity contribution in [1.29, 1.82) is 0 Å². The number of ether oxygens (including phenoxy) is 2. The fourth-order valence-electron chi connectivity index (χ4n) is 2.72. The molecule has 0 spiro atoms. The van der Waals surface area contributed by atoms with Crippen LogP contribution in [0, 0.1) is 5.92 Å². The number of hydrogen-bond acceptors (Lipinski definition) is 4. The number of rotatable bonds is 1. The zero-order valence-electron chi connectivity index (χ0n) is 10.1. The zero-order chi connectivity index (χ0) is 12.4. The van der Waals surface area contributed by atoms with Gasteiger partial charge >= 0.3 is 12.1 Å². The molecule has 5 nitrogen and oxygen atoms in total. The van der Waals surface area contributed by atoms with Crippen LogP contribution in [0.2, 0.25) is 0 Å². The van der Waals surface area contributed by atoms with Gasteiger partial charge in [-0.2, -0.15) is 0 Å². The Labute approximate surface area is 100 Å². The first-order valence-corrected chi connectivity index (χ1v) is 5.86. The van der Waals surface area contributed by atoms with Crippen molar-refractivity contribution >= 4 is 12.1 Å². The van der Waals surface area contributed by atoms with Gasteiger partial charge in [-0.25, -0.2) is 9.59 Å². The minimum Gasteiger partial charge on any atom is -0.464 e. The molecule has 1 aliphatic heterocycles. The second kappa shape index (κ2) is 4.77. The summed E-state index contributed by atoms with van der Waals surface area (Å²) in [6.07, 6.45) is 5.52. The lowest BCUT2D eigenvalue weighted by Gasteiger charge is -2.31. The molecule has 0 bridgehead atoms. The number of amides is 1. The summed E-state index contributed by atoms with van der Waals surface area (Å²) in [7, 11) is 2.65. The van der Waals surface area contributed by atoms with Crippen LogP contribution in [0.3, 0.4) is 0 Å². The average molecular weight is 239 g/mol. The fourth-order valence-corrected chi connectivity index (χ4v) is 2.72. The summed E-state index contributed by atoms with van der Waals surface area (Å²) in [6, 6.07) is 0.0605. The lowest BCUT2D eigenvalue weighted by atomic mass is 9.86. The number of carbonyl (C=O) groups excluding carboxylic acids is 2. The molecule has 1 saturated carbocycles. The molecule has 0 radical (unpaired) electrons. The van der Waals surface area contributed by atoms with Gasteiger partial charge in [-0.05, 0) is 18.9 Å². The van der Waals surface area contributed by atoms with E-state index in [4.69, 9.17) is 9.47 Å². The van der Waals surface area contributed by atoms with Crippen LogP contribution >= 0.6 is 0 Å². The van der Waals surface area contributed by atoms with E-state index in [2.05, 4.69) is 0 Å². The molecule has 1 heterocycles. The van der Waals surface area contributed by atoms with Crippen molar-refractivity contribution in [3.8, 4) is 0 Å². The number of fused-ring (bicyclic) bond motifs is 1. The van der Waals surface area contributed by atoms with Gasteiger partial charge in [0.2, 0.25) is 0 Å². The molecule has 1 aliphatic carbocycles. The summed E-state index contributed by atoms with van der Waals surface area (Å²) in [5.41, 5.74) is 0.330. The van der Waals surface area contributed by atoms with Gasteiger partial charge in [0.25, 0.3) is 0 Å². The van der Waals surface area contributed by atoms with Gasteiger partial charge in [0, 0.05) is 12.0 Å². The van der Waals surface area contributed by atoms with E-state index in [0.717, 1.165) is 25.7 Å². The minimum absolute atomic E-state index is 0.0605. The fraction of sp³-hybridized carbons (Fsp3) is 0.667. The third-order valence-corrected chi connectivity index (χ3v) is 3.51. The number of esters is 1. The quantitative estimate of drug-likeness (QED) is 0.653. The Hall–Kier alpha value is -1.52. The molecule has 1 fully saturated rings. The third-order valence-electron chi connectivity index (χ3n) is 3.51. The summed E-state index contributed by atoms with van der Waals surface area (Å²) in [4.78, 5) is 24.9. The normalized spacial score (nSPS) is 27.2. The zero-order valence-corrected chi connectivity index (χ0v) is 10.1. The van der Waals surface area contributed by atoms with Gasteiger partial charge in [-0.1, -0.05) is 12.8 Å². The van der Waals surface area contributed by atoms with Gasteiger partial charge in [-0.15, -0.1) is 0 Å². The summed E-state index contributed by atoms with van der Waals surface area (Å²) >= 11 is 0. The molecule has 2 atom stereocenters. The molecule has 0 aromatic carbocycles. The van der Waals surface area contributed by atoms with Crippen molar-refractivity contribution in [3.63, 3.8) is 0 Å². The molecular weight excluding hydrogens is 222 g/mol. The molecule has 94 valence electrons. The van der Waals surface area contributed by atoms with E-state index in [1.807, 2.05) is 6.08 Å². The summed E-state index contributed by atoms with van der Waals surface area (Å²) in [5.74, 6) is -0.207. The standard InChI is InChI=1S/C12H17NO4/c1-16-11(14)10-7-8-5-3-4-6-9(8)13(10)12(15)17-2/h7-9H,3-6H2,1-2H3. The summed E-state index contributed by atoms with van der Waals surface area (Å²) in [5, 5.41) is 0. The van der Waals surface area contributed by atoms with Gasteiger partial charge in [-0.3, -0.25) is 4.90 Å². The van der Waals surface area contributed by atoms with Crippen molar-refractivity contribution in [2.24, 2.45) is 5.92 Å². The van der Waals surface area contributed by atoms with Crippen LogP contribution in [0.25, 0.3) is 0 Å². The van der Waals surface area contributed by atoms with Crippen LogP contribution < -0.4 is 0 Å². The highest BCUT2D eigenvalue weighted by Crippen LogP contribution is 2.38. The lowest BCUT2D eigenvalue weighted by molar-refractivity contribution is -0.137. The van der Waals surface area contributed by atoms with Gasteiger partial charge < -0.3 is 9.47 Å². The first-order valence-electron chi connectivity index (χ1n) is 5.86. The second-order valence-corrected chi connectivity index (χ2v) is 4.40. The summed E-state index contributed by atoms with van der Waals surface area (Å²) in [6.45, 7) is 0. The van der Waals surface area contributed by atoms with Gasteiger partial charge in [0.1, 0.15) is 5.70 Å². The third kappa shape index (κ3) is 2.01. The molecule has 5 heteroatoms. The minimum atomic E-state index is -0.476. The van der Waals surface area contributed by atoms with E-state index in [9.17, 15) is 9.59 Å². The van der Waals surface area contributed by atoms with Crippen LogP contribution in [0.1, 0.15) is 25.7 Å². The predicted octanol–water partition coefficient (Wildman–Crippen LogP) is 1.68. The largest absolute Gasteiger partial charge is 0.464 e. The van der Waals surface area contributed by atoms with E-state index in [-0.39, 0.29) is 12.0 Å². The topological polar surface area (TPSA) is 55.8 Å². The molecule has 0 saturated heterocycles. The molecule has 0 aromatic rings. The Balaban J connectivity index is 2.27. The van der Waals surface area contributed by atoms with E-state index in [1.54, 1.807) is 0 Å². The van der Waals surface area contributed by atoms with E-state index >= 15 is 0 Å². The molecule has 17 heavy (non-hydrogen) atoms. The van der Waals surface area contributed by atoms with E-state index < -0.39 is 12.1 Å². The van der Waals surface area contributed by atoms with Crippen LogP contribution in [0.5, 0.6) is 0 Å². The van der Waals surface area contributed by atoms with Gasteiger partial charge in [0.15, 0.2) is 0 Å². The maximum Gasteiger partial charge on any atom is 0.414 e. The van der Waals surface area contributed by atoms with Crippen molar-refractivity contribution in [1.82, 2.24) is 4.90 Å². The van der Waals surface area contributed by atoms with Crippen molar-refractivity contribution in [2.75, 3.05) is 14.2 Å². The van der Waals surface area contributed by atoms with Crippen LogP contribution in [-0.4, -0.2) is 37.2 Å². The summed E-state index contributed by atoms with van der Waals surface area (Å²) < 4.78 is 9.45. The molecule has 0 N–H and O–H groups in total.